The number of nitrogens with one attached hydrogen (secondary N) is 1. The molecule has 26 heavy (non-hydrogen) atoms. The Morgan fingerprint density at radius 3 is 2.65 bits per heavy atom. The molecule has 0 aromatic carbocycles. The van der Waals surface area contributed by atoms with Gasteiger partial charge in [-0.3, -0.25) is 4.57 Å². The van der Waals surface area contributed by atoms with E-state index in [0.717, 1.165) is 25.7 Å². The van der Waals surface area contributed by atoms with E-state index in [1.807, 2.05) is 0 Å². The second-order valence-electron chi connectivity index (χ2n) is 6.94. The van der Waals surface area contributed by atoms with Crippen LogP contribution in [-0.4, -0.2) is 65.8 Å². The normalized spacial score (nSPS) is 30.1. The smallest absolute Gasteiger partial charge is 0.207 e. The van der Waals surface area contributed by atoms with Gasteiger partial charge in [-0.1, -0.05) is 19.3 Å². The van der Waals surface area contributed by atoms with Gasteiger partial charge in [0, 0.05) is 6.04 Å². The molecule has 2 aromatic rings. The molecule has 1 saturated carbocycles. The Hall–Kier alpha value is -2.01. The summed E-state index contributed by atoms with van der Waals surface area (Å²) in [5, 5.41) is 33.4. The molecular formula is C16H24N6O4. The zero-order chi connectivity index (χ0) is 18.3. The van der Waals surface area contributed by atoms with E-state index in [4.69, 9.17) is 10.5 Å². The maximum absolute atomic E-state index is 10.5. The quantitative estimate of drug-likeness (QED) is 0.495. The van der Waals surface area contributed by atoms with E-state index < -0.39 is 31.1 Å². The second kappa shape index (κ2) is 6.95. The summed E-state index contributed by atoms with van der Waals surface area (Å²) < 4.78 is 7.29. The predicted octanol–water partition coefficient (Wildman–Crippen LogP) is -0.235. The summed E-state index contributed by atoms with van der Waals surface area (Å²) in [6.45, 7) is -0.399. The van der Waals surface area contributed by atoms with Crippen LogP contribution >= 0.6 is 0 Å². The molecule has 2 aromatic heterocycles. The van der Waals surface area contributed by atoms with Crippen molar-refractivity contribution in [2.24, 2.45) is 0 Å². The SMILES string of the molecule is Nc1ncnc2c1nc(NC1CCCCC1)n2[C@@H]1O[C@@H](CO)[C@@H](O)[C@@H]1O. The Balaban J connectivity index is 1.76. The molecule has 10 nitrogen and oxygen atoms in total. The molecule has 3 heterocycles. The van der Waals surface area contributed by atoms with Crippen LogP contribution in [0.25, 0.3) is 11.2 Å². The van der Waals surface area contributed by atoms with E-state index in [-0.39, 0.29) is 11.9 Å². The number of nitrogens with two attached hydrogens (primary N) is 1. The molecule has 0 amide bonds. The van der Waals surface area contributed by atoms with Gasteiger partial charge in [0.25, 0.3) is 0 Å². The van der Waals surface area contributed by atoms with Crippen molar-refractivity contribution in [3.63, 3.8) is 0 Å². The largest absolute Gasteiger partial charge is 0.394 e. The Kier molecular flexibility index (Phi) is 4.65. The summed E-state index contributed by atoms with van der Waals surface area (Å²) in [6.07, 6.45) is 2.64. The van der Waals surface area contributed by atoms with Gasteiger partial charge in [-0.25, -0.2) is 15.0 Å². The lowest BCUT2D eigenvalue weighted by atomic mass is 9.96. The highest BCUT2D eigenvalue weighted by Gasteiger charge is 2.45. The molecule has 142 valence electrons. The van der Waals surface area contributed by atoms with Crippen molar-refractivity contribution >= 4 is 22.9 Å². The van der Waals surface area contributed by atoms with Crippen molar-refractivity contribution in [3.05, 3.63) is 6.33 Å². The average molecular weight is 364 g/mol. The van der Waals surface area contributed by atoms with E-state index in [0.29, 0.717) is 17.1 Å². The topological polar surface area (TPSA) is 152 Å². The Bertz CT molecular complexity index is 777. The second-order valence-corrected chi connectivity index (χ2v) is 6.94. The first kappa shape index (κ1) is 17.4. The van der Waals surface area contributed by atoms with Crippen LogP contribution in [0.2, 0.25) is 0 Å². The molecule has 1 aliphatic carbocycles. The number of aliphatic hydroxyl groups excluding tert-OH is 3. The van der Waals surface area contributed by atoms with Gasteiger partial charge in [0.05, 0.1) is 6.61 Å². The molecule has 10 heteroatoms. The van der Waals surface area contributed by atoms with E-state index in [1.165, 1.54) is 12.7 Å². The summed E-state index contributed by atoms with van der Waals surface area (Å²) in [6, 6.07) is 0.255. The number of hydrogen-bond donors (Lipinski definition) is 5. The zero-order valence-electron chi connectivity index (χ0n) is 14.3. The third-order valence-electron chi connectivity index (χ3n) is 5.22. The van der Waals surface area contributed by atoms with Crippen LogP contribution in [0.15, 0.2) is 6.33 Å². The number of aliphatic hydroxyl groups is 3. The van der Waals surface area contributed by atoms with Gasteiger partial charge < -0.3 is 31.1 Å². The van der Waals surface area contributed by atoms with Gasteiger partial charge in [-0.05, 0) is 12.8 Å². The highest BCUT2D eigenvalue weighted by molar-refractivity contribution is 5.84. The fraction of sp³-hybridized carbons (Fsp3) is 0.688. The van der Waals surface area contributed by atoms with Crippen LogP contribution < -0.4 is 11.1 Å². The maximum Gasteiger partial charge on any atom is 0.207 e. The molecule has 2 fully saturated rings. The summed E-state index contributed by atoms with van der Waals surface area (Å²) in [7, 11) is 0. The standard InChI is InChI=1S/C16H24N6O4/c17-13-10-14(19-7-18-13)22(15-12(25)11(24)9(6-23)26-15)16(21-10)20-8-4-2-1-3-5-8/h7-9,11-12,15,23-25H,1-6H2,(H,20,21)(H2,17,18,19)/t9-,11+,12-,15+/m0/s1. The highest BCUT2D eigenvalue weighted by atomic mass is 16.6. The number of imidazole rings is 1. The molecule has 1 aliphatic heterocycles. The summed E-state index contributed by atoms with van der Waals surface area (Å²) in [5.74, 6) is 0.695. The molecule has 1 saturated heterocycles. The van der Waals surface area contributed by atoms with E-state index in [1.54, 1.807) is 4.57 Å². The van der Waals surface area contributed by atoms with Crippen LogP contribution in [0.1, 0.15) is 38.3 Å². The first-order valence-corrected chi connectivity index (χ1v) is 8.97. The van der Waals surface area contributed by atoms with Gasteiger partial charge in [0.2, 0.25) is 5.95 Å². The number of aromatic nitrogens is 4. The zero-order valence-corrected chi connectivity index (χ0v) is 14.3. The van der Waals surface area contributed by atoms with E-state index in [2.05, 4.69) is 20.3 Å². The molecule has 0 radical (unpaired) electrons. The minimum atomic E-state index is -1.23. The van der Waals surface area contributed by atoms with Crippen molar-refractivity contribution in [3.8, 4) is 0 Å². The summed E-state index contributed by atoms with van der Waals surface area (Å²) >= 11 is 0. The Morgan fingerprint density at radius 1 is 1.19 bits per heavy atom. The number of anilines is 2. The van der Waals surface area contributed by atoms with E-state index >= 15 is 0 Å². The minimum absolute atomic E-state index is 0.229. The maximum atomic E-state index is 10.5. The molecule has 0 unspecified atom stereocenters. The fourth-order valence-corrected chi connectivity index (χ4v) is 3.79. The Labute approximate surface area is 150 Å². The lowest BCUT2D eigenvalue weighted by Crippen LogP contribution is -2.33. The van der Waals surface area contributed by atoms with Crippen molar-refractivity contribution < 1.29 is 20.1 Å². The number of hydrogen-bond acceptors (Lipinski definition) is 9. The lowest BCUT2D eigenvalue weighted by Gasteiger charge is -2.25. The average Bonchev–Trinajstić information content (AvgIpc) is 3.15. The first-order valence-electron chi connectivity index (χ1n) is 8.97. The number of ether oxygens (including phenoxy) is 1. The van der Waals surface area contributed by atoms with Gasteiger partial charge >= 0.3 is 0 Å². The summed E-state index contributed by atoms with van der Waals surface area (Å²) in [5.41, 5.74) is 6.75. The van der Waals surface area contributed by atoms with E-state index in [9.17, 15) is 15.3 Å². The molecule has 4 atom stereocenters. The van der Waals surface area contributed by atoms with Gasteiger partial charge in [-0.2, -0.15) is 0 Å². The van der Waals surface area contributed by atoms with Crippen LogP contribution in [0, 0.1) is 0 Å². The van der Waals surface area contributed by atoms with Crippen molar-refractivity contribution in [2.45, 2.75) is 62.7 Å². The first-order chi connectivity index (χ1) is 12.6. The van der Waals surface area contributed by atoms with Crippen molar-refractivity contribution in [2.75, 3.05) is 17.7 Å². The van der Waals surface area contributed by atoms with Gasteiger partial charge in [0.1, 0.15) is 24.6 Å². The van der Waals surface area contributed by atoms with Crippen LogP contribution in [0.4, 0.5) is 11.8 Å². The Morgan fingerprint density at radius 2 is 1.96 bits per heavy atom. The van der Waals surface area contributed by atoms with Crippen LogP contribution in [-0.2, 0) is 4.74 Å². The number of rotatable bonds is 4. The molecular weight excluding hydrogens is 340 g/mol. The molecule has 0 spiro atoms. The molecule has 6 N–H and O–H groups in total. The molecule has 2 aliphatic rings. The molecule has 0 bridgehead atoms. The third kappa shape index (κ3) is 2.88. The van der Waals surface area contributed by atoms with Crippen LogP contribution in [0.5, 0.6) is 0 Å². The van der Waals surface area contributed by atoms with Gasteiger partial charge in [0.15, 0.2) is 23.2 Å². The van der Waals surface area contributed by atoms with Crippen molar-refractivity contribution in [1.29, 1.82) is 0 Å². The highest BCUT2D eigenvalue weighted by Crippen LogP contribution is 2.35. The van der Waals surface area contributed by atoms with Crippen LogP contribution in [0.3, 0.4) is 0 Å². The fourth-order valence-electron chi connectivity index (χ4n) is 3.79. The lowest BCUT2D eigenvalue weighted by molar-refractivity contribution is -0.0502. The monoisotopic (exact) mass is 364 g/mol. The number of fused-ring (bicyclic) bond motifs is 1. The van der Waals surface area contributed by atoms with Gasteiger partial charge in [-0.15, -0.1) is 0 Å². The van der Waals surface area contributed by atoms with Crippen molar-refractivity contribution in [1.82, 2.24) is 19.5 Å². The number of nitrogens with zero attached hydrogens (tertiary/aromatic N) is 4. The summed E-state index contributed by atoms with van der Waals surface area (Å²) in [4.78, 5) is 12.7. The predicted molar refractivity (Wildman–Crippen MR) is 93.2 cm³/mol. The third-order valence-corrected chi connectivity index (χ3v) is 5.22. The molecule has 4 rings (SSSR count). The minimum Gasteiger partial charge on any atom is -0.394 e. The number of nitrogen functional groups attached to an aromatic ring is 1.